The molecule has 0 unspecified atom stereocenters. The van der Waals surface area contributed by atoms with Crippen LogP contribution in [-0.2, 0) is 19.4 Å². The number of amides is 2. The second-order valence-corrected chi connectivity index (χ2v) is 6.72. The number of nitrogens with zero attached hydrogens (tertiary/aromatic N) is 3. The van der Waals surface area contributed by atoms with Gasteiger partial charge < -0.3 is 15.5 Å². The zero-order valence-electron chi connectivity index (χ0n) is 15.1. The Balaban J connectivity index is 1.62. The molecule has 7 heteroatoms. The van der Waals surface area contributed by atoms with Crippen LogP contribution in [0, 0.1) is 5.82 Å². The first-order chi connectivity index (χ1) is 12.5. The van der Waals surface area contributed by atoms with Crippen molar-refractivity contribution in [2.45, 2.75) is 39.3 Å². The zero-order valence-corrected chi connectivity index (χ0v) is 15.1. The Kier molecular flexibility index (Phi) is 5.65. The molecule has 2 aromatic rings. The number of anilines is 1. The smallest absolute Gasteiger partial charge is 0.317 e. The van der Waals surface area contributed by atoms with E-state index in [-0.39, 0.29) is 17.9 Å². The molecular formula is C19H24FN5O. The van der Waals surface area contributed by atoms with Gasteiger partial charge in [0.2, 0.25) is 0 Å². The second-order valence-electron chi connectivity index (χ2n) is 6.72. The summed E-state index contributed by atoms with van der Waals surface area (Å²) in [6.45, 7) is 5.64. The molecule has 0 spiro atoms. The fourth-order valence-corrected chi connectivity index (χ4v) is 3.06. The van der Waals surface area contributed by atoms with Crippen molar-refractivity contribution in [3.63, 3.8) is 0 Å². The van der Waals surface area contributed by atoms with Crippen LogP contribution in [0.1, 0.15) is 30.7 Å². The first-order valence-corrected chi connectivity index (χ1v) is 8.89. The average molecular weight is 357 g/mol. The van der Waals surface area contributed by atoms with Crippen molar-refractivity contribution >= 4 is 11.8 Å². The van der Waals surface area contributed by atoms with Gasteiger partial charge in [-0.25, -0.2) is 19.2 Å². The largest absolute Gasteiger partial charge is 0.368 e. The number of urea groups is 1. The topological polar surface area (TPSA) is 70.2 Å². The molecule has 0 saturated carbocycles. The summed E-state index contributed by atoms with van der Waals surface area (Å²) in [4.78, 5) is 23.0. The third-order valence-corrected chi connectivity index (χ3v) is 4.33. The number of nitrogens with one attached hydrogen (secondary N) is 2. The zero-order chi connectivity index (χ0) is 18.5. The Labute approximate surface area is 152 Å². The lowest BCUT2D eigenvalue weighted by molar-refractivity contribution is 0.200. The molecule has 2 N–H and O–H groups in total. The maximum Gasteiger partial charge on any atom is 0.317 e. The van der Waals surface area contributed by atoms with Crippen LogP contribution in [0.15, 0.2) is 30.6 Å². The summed E-state index contributed by atoms with van der Waals surface area (Å²) < 4.78 is 13.2. The lowest BCUT2D eigenvalue weighted by atomic mass is 10.1. The molecule has 6 nitrogen and oxygen atoms in total. The van der Waals surface area contributed by atoms with Crippen LogP contribution in [-0.4, -0.2) is 40.0 Å². The molecule has 3 rings (SSSR count). The van der Waals surface area contributed by atoms with Gasteiger partial charge in [-0.3, -0.25) is 0 Å². The van der Waals surface area contributed by atoms with Crippen LogP contribution in [0.5, 0.6) is 0 Å². The maximum absolute atomic E-state index is 13.2. The number of carbonyl (C=O) groups is 1. The molecule has 0 fully saturated rings. The van der Waals surface area contributed by atoms with Gasteiger partial charge in [-0.2, -0.15) is 0 Å². The Morgan fingerprint density at radius 3 is 2.85 bits per heavy atom. The van der Waals surface area contributed by atoms with Gasteiger partial charge in [-0.1, -0.05) is 12.1 Å². The fourth-order valence-electron chi connectivity index (χ4n) is 3.06. The van der Waals surface area contributed by atoms with E-state index in [2.05, 4.69) is 34.4 Å². The van der Waals surface area contributed by atoms with Crippen molar-refractivity contribution in [3.05, 3.63) is 53.2 Å². The summed E-state index contributed by atoms with van der Waals surface area (Å²) >= 11 is 0. The molecule has 1 aromatic carbocycles. The van der Waals surface area contributed by atoms with E-state index in [0.717, 1.165) is 22.6 Å². The van der Waals surface area contributed by atoms with Crippen LogP contribution in [0.25, 0.3) is 0 Å². The molecule has 0 aliphatic carbocycles. The lowest BCUT2D eigenvalue weighted by Gasteiger charge is -2.20. The van der Waals surface area contributed by atoms with Gasteiger partial charge in [0, 0.05) is 37.7 Å². The molecule has 0 saturated heterocycles. The molecule has 138 valence electrons. The van der Waals surface area contributed by atoms with Gasteiger partial charge in [0.05, 0.1) is 5.69 Å². The first-order valence-electron chi connectivity index (χ1n) is 8.89. The van der Waals surface area contributed by atoms with Crippen molar-refractivity contribution in [1.29, 1.82) is 0 Å². The monoisotopic (exact) mass is 357 g/mol. The van der Waals surface area contributed by atoms with E-state index < -0.39 is 0 Å². The fraction of sp³-hybridized carbons (Fsp3) is 0.421. The van der Waals surface area contributed by atoms with Crippen LogP contribution >= 0.6 is 0 Å². The number of aromatic nitrogens is 2. The quantitative estimate of drug-likeness (QED) is 0.883. The summed E-state index contributed by atoms with van der Waals surface area (Å²) in [5, 5.41) is 6.22. The first kappa shape index (κ1) is 18.1. The number of rotatable bonds is 4. The maximum atomic E-state index is 13.2. The normalized spacial score (nSPS) is 13.9. The van der Waals surface area contributed by atoms with E-state index in [4.69, 9.17) is 0 Å². The Hall–Kier alpha value is -2.70. The summed E-state index contributed by atoms with van der Waals surface area (Å²) in [7, 11) is 0. The third-order valence-electron chi connectivity index (χ3n) is 4.33. The van der Waals surface area contributed by atoms with Crippen molar-refractivity contribution in [2.24, 2.45) is 0 Å². The van der Waals surface area contributed by atoms with Gasteiger partial charge in [-0.05, 0) is 38.0 Å². The molecule has 26 heavy (non-hydrogen) atoms. The number of fused-ring (bicyclic) bond motifs is 1. The SMILES string of the molecule is CC(C)Nc1ncnc2c1CCN(C(=O)NCc1cccc(F)c1)CC2. The Morgan fingerprint density at radius 2 is 2.08 bits per heavy atom. The molecule has 2 amide bonds. The molecule has 0 radical (unpaired) electrons. The minimum Gasteiger partial charge on any atom is -0.368 e. The van der Waals surface area contributed by atoms with Crippen molar-refractivity contribution in [2.75, 3.05) is 18.4 Å². The predicted octanol–water partition coefficient (Wildman–Crippen LogP) is 2.75. The summed E-state index contributed by atoms with van der Waals surface area (Å²) in [6, 6.07) is 6.39. The van der Waals surface area contributed by atoms with Crippen LogP contribution in [0.3, 0.4) is 0 Å². The number of benzene rings is 1. The lowest BCUT2D eigenvalue weighted by Crippen LogP contribution is -2.41. The van der Waals surface area contributed by atoms with Gasteiger partial charge in [-0.15, -0.1) is 0 Å². The number of halogens is 1. The second kappa shape index (κ2) is 8.12. The minimum atomic E-state index is -0.300. The van der Waals surface area contributed by atoms with Gasteiger partial charge in [0.1, 0.15) is 18.0 Å². The molecule has 1 aliphatic rings. The highest BCUT2D eigenvalue weighted by Crippen LogP contribution is 2.21. The van der Waals surface area contributed by atoms with Crippen molar-refractivity contribution in [3.8, 4) is 0 Å². The molecule has 0 bridgehead atoms. The van der Waals surface area contributed by atoms with Crippen LogP contribution < -0.4 is 10.6 Å². The van der Waals surface area contributed by atoms with E-state index in [1.807, 2.05) is 0 Å². The van der Waals surface area contributed by atoms with E-state index in [0.29, 0.717) is 32.5 Å². The molecule has 2 heterocycles. The van der Waals surface area contributed by atoms with E-state index in [1.165, 1.54) is 12.1 Å². The van der Waals surface area contributed by atoms with Crippen molar-refractivity contribution < 1.29 is 9.18 Å². The summed E-state index contributed by atoms with van der Waals surface area (Å²) in [5.74, 6) is 0.553. The minimum absolute atomic E-state index is 0.145. The van der Waals surface area contributed by atoms with Gasteiger partial charge in [0.15, 0.2) is 0 Å². The Morgan fingerprint density at radius 1 is 1.27 bits per heavy atom. The molecule has 1 aromatic heterocycles. The highest BCUT2D eigenvalue weighted by atomic mass is 19.1. The number of carbonyl (C=O) groups excluding carboxylic acids is 1. The highest BCUT2D eigenvalue weighted by molar-refractivity contribution is 5.74. The third kappa shape index (κ3) is 4.47. The molecule has 0 atom stereocenters. The summed E-state index contributed by atoms with van der Waals surface area (Å²) in [6.07, 6.45) is 2.97. The van der Waals surface area contributed by atoms with E-state index >= 15 is 0 Å². The molecule has 1 aliphatic heterocycles. The highest BCUT2D eigenvalue weighted by Gasteiger charge is 2.21. The van der Waals surface area contributed by atoms with E-state index in [1.54, 1.807) is 23.4 Å². The van der Waals surface area contributed by atoms with Crippen LogP contribution in [0.4, 0.5) is 15.0 Å². The van der Waals surface area contributed by atoms with Gasteiger partial charge in [0.25, 0.3) is 0 Å². The predicted molar refractivity (Wildman–Crippen MR) is 98.4 cm³/mol. The van der Waals surface area contributed by atoms with Crippen LogP contribution in [0.2, 0.25) is 0 Å². The number of hydrogen-bond donors (Lipinski definition) is 2. The average Bonchev–Trinajstić information content (AvgIpc) is 2.83. The van der Waals surface area contributed by atoms with E-state index in [9.17, 15) is 9.18 Å². The number of hydrogen-bond acceptors (Lipinski definition) is 4. The standard InChI is InChI=1S/C19H24FN5O/c1-13(2)24-18-16-6-8-25(9-7-17(16)22-12-23-18)19(26)21-11-14-4-3-5-15(20)10-14/h3-5,10,12-13H,6-9,11H2,1-2H3,(H,21,26)(H,22,23,24). The molecular weight excluding hydrogens is 333 g/mol. The summed E-state index contributed by atoms with van der Waals surface area (Å²) in [5.41, 5.74) is 2.82. The Bertz CT molecular complexity index is 780. The van der Waals surface area contributed by atoms with Crippen molar-refractivity contribution in [1.82, 2.24) is 20.2 Å². The van der Waals surface area contributed by atoms with Gasteiger partial charge >= 0.3 is 6.03 Å².